The molecule has 182 valence electrons. The highest BCUT2D eigenvalue weighted by Crippen LogP contribution is 2.32. The summed E-state index contributed by atoms with van der Waals surface area (Å²) in [6, 6.07) is 15.2. The lowest BCUT2D eigenvalue weighted by molar-refractivity contribution is -0.145. The number of hydrogen-bond acceptors (Lipinski definition) is 5. The highest BCUT2D eigenvalue weighted by Gasteiger charge is 2.35. The van der Waals surface area contributed by atoms with Gasteiger partial charge < -0.3 is 15.0 Å². The number of sulfonamides is 1. The molecule has 1 aliphatic carbocycles. The molecule has 0 aromatic heterocycles. The van der Waals surface area contributed by atoms with Gasteiger partial charge in [0.15, 0.2) is 0 Å². The zero-order chi connectivity index (χ0) is 23.5. The molecule has 7 nitrogen and oxygen atoms in total. The van der Waals surface area contributed by atoms with Gasteiger partial charge in [-0.05, 0) is 61.8 Å². The number of ether oxygens (including phenoxy) is 1. The van der Waals surface area contributed by atoms with Crippen molar-refractivity contribution in [1.29, 1.82) is 0 Å². The lowest BCUT2D eigenvalue weighted by Gasteiger charge is -2.39. The third-order valence-electron chi connectivity index (χ3n) is 7.32. The number of rotatable bonds is 5. The van der Waals surface area contributed by atoms with Crippen molar-refractivity contribution in [3.8, 4) is 0 Å². The van der Waals surface area contributed by atoms with Gasteiger partial charge in [0.25, 0.3) is 0 Å². The van der Waals surface area contributed by atoms with E-state index in [1.54, 1.807) is 12.1 Å². The third kappa shape index (κ3) is 4.99. The minimum absolute atomic E-state index is 0.0590. The Kier molecular flexibility index (Phi) is 6.90. The summed E-state index contributed by atoms with van der Waals surface area (Å²) < 4.78 is 34.6. The number of anilines is 1. The number of nitrogens with one attached hydrogen (secondary N) is 2. The van der Waals surface area contributed by atoms with Gasteiger partial charge in [-0.3, -0.25) is 4.79 Å². The number of fused-ring (bicyclic) bond motifs is 1. The van der Waals surface area contributed by atoms with Crippen molar-refractivity contribution in [2.75, 3.05) is 31.6 Å². The number of carbonyl (C=O) groups excluding carboxylic acids is 1. The van der Waals surface area contributed by atoms with Crippen molar-refractivity contribution in [1.82, 2.24) is 9.62 Å². The summed E-state index contributed by atoms with van der Waals surface area (Å²) in [4.78, 5) is 15.7. The van der Waals surface area contributed by atoms with Crippen molar-refractivity contribution < 1.29 is 17.9 Å². The van der Waals surface area contributed by atoms with Gasteiger partial charge in [-0.25, -0.2) is 13.1 Å². The maximum Gasteiger partial charge on any atom is 0.240 e. The van der Waals surface area contributed by atoms with Crippen LogP contribution in [0.2, 0.25) is 0 Å². The monoisotopic (exact) mass is 483 g/mol. The topological polar surface area (TPSA) is 87.7 Å². The molecular formula is C26H33N3O4S. The molecule has 3 aliphatic rings. The molecule has 1 amide bonds. The summed E-state index contributed by atoms with van der Waals surface area (Å²) in [7, 11) is -3.60. The van der Waals surface area contributed by atoms with E-state index < -0.39 is 10.0 Å². The number of hydrogen-bond donors (Lipinski definition) is 2. The molecule has 2 aliphatic heterocycles. The van der Waals surface area contributed by atoms with Crippen molar-refractivity contribution >= 4 is 21.6 Å². The third-order valence-corrected chi connectivity index (χ3v) is 8.84. The summed E-state index contributed by atoms with van der Waals surface area (Å²) in [5.74, 6) is 0.0947. The van der Waals surface area contributed by atoms with Gasteiger partial charge in [-0.1, -0.05) is 36.4 Å². The molecule has 34 heavy (non-hydrogen) atoms. The molecule has 1 saturated heterocycles. The number of carbonyl (C=O) groups is 1. The first-order valence-electron chi connectivity index (χ1n) is 12.3. The maximum atomic E-state index is 13.4. The van der Waals surface area contributed by atoms with E-state index >= 15 is 0 Å². The van der Waals surface area contributed by atoms with Crippen LogP contribution in [0, 0.1) is 5.92 Å². The van der Waals surface area contributed by atoms with E-state index in [2.05, 4.69) is 10.0 Å². The Hall–Kier alpha value is -2.42. The Balaban J connectivity index is 1.20. The van der Waals surface area contributed by atoms with Crippen molar-refractivity contribution in [2.24, 2.45) is 5.92 Å². The quantitative estimate of drug-likeness (QED) is 0.680. The Morgan fingerprint density at radius 2 is 1.85 bits per heavy atom. The largest absolute Gasteiger partial charge is 0.385 e. The second-order valence-electron chi connectivity index (χ2n) is 9.55. The van der Waals surface area contributed by atoms with E-state index in [9.17, 15) is 13.2 Å². The predicted molar refractivity (Wildman–Crippen MR) is 131 cm³/mol. The second-order valence-corrected chi connectivity index (χ2v) is 11.3. The standard InChI is InChI=1S/C26H33N3O4S/c30-26(29-15-16-33-18-25(29)20-5-2-1-3-6-20)21-8-11-22(12-9-21)28-34(31,32)23-13-10-19-7-4-14-27-24(19)17-23/h1-3,5-6,10,13,17,21-22,25,27-28H,4,7-9,11-12,14-16,18H2. The molecule has 1 unspecified atom stereocenters. The molecule has 2 aromatic carbocycles. The van der Waals surface area contributed by atoms with Crippen LogP contribution in [0.25, 0.3) is 0 Å². The van der Waals surface area contributed by atoms with Crippen LogP contribution < -0.4 is 10.0 Å². The first-order chi connectivity index (χ1) is 16.5. The fourth-order valence-corrected chi connectivity index (χ4v) is 6.74. The zero-order valence-corrected chi connectivity index (χ0v) is 20.2. The summed E-state index contributed by atoms with van der Waals surface area (Å²) >= 11 is 0. The fraction of sp³-hybridized carbons (Fsp3) is 0.500. The first kappa shape index (κ1) is 23.3. The van der Waals surface area contributed by atoms with Gasteiger partial charge in [0.2, 0.25) is 15.9 Å². The van der Waals surface area contributed by atoms with Gasteiger partial charge in [-0.2, -0.15) is 0 Å². The average Bonchev–Trinajstić information content (AvgIpc) is 2.89. The van der Waals surface area contributed by atoms with E-state index in [-0.39, 0.29) is 23.9 Å². The number of nitrogens with zero attached hydrogens (tertiary/aromatic N) is 1. The molecule has 5 rings (SSSR count). The molecule has 2 fully saturated rings. The summed E-state index contributed by atoms with van der Waals surface area (Å²) in [6.45, 7) is 2.54. The van der Waals surface area contributed by atoms with E-state index in [0.29, 0.717) is 50.3 Å². The van der Waals surface area contributed by atoms with E-state index in [1.807, 2.05) is 41.3 Å². The lowest BCUT2D eigenvalue weighted by Crippen LogP contribution is -2.47. The van der Waals surface area contributed by atoms with Crippen molar-refractivity contribution in [3.63, 3.8) is 0 Å². The lowest BCUT2D eigenvalue weighted by atomic mass is 9.85. The van der Waals surface area contributed by atoms with Gasteiger partial charge >= 0.3 is 0 Å². The summed E-state index contributed by atoms with van der Waals surface area (Å²) in [5.41, 5.74) is 3.18. The smallest absolute Gasteiger partial charge is 0.240 e. The van der Waals surface area contributed by atoms with Crippen LogP contribution in [0.5, 0.6) is 0 Å². The van der Waals surface area contributed by atoms with E-state index in [1.165, 1.54) is 5.56 Å². The summed E-state index contributed by atoms with van der Waals surface area (Å²) in [5, 5.41) is 3.30. The SMILES string of the molecule is O=C(C1CCC(NS(=O)(=O)c2ccc3c(c2)NCCC3)CC1)N1CCOCC1c1ccccc1. The van der Waals surface area contributed by atoms with Crippen LogP contribution in [0.1, 0.15) is 49.3 Å². The number of benzene rings is 2. The molecule has 8 heteroatoms. The molecule has 0 spiro atoms. The van der Waals surface area contributed by atoms with Crippen LogP contribution in [0.3, 0.4) is 0 Å². The second kappa shape index (κ2) is 10.1. The highest BCUT2D eigenvalue weighted by atomic mass is 32.2. The average molecular weight is 484 g/mol. The molecule has 0 radical (unpaired) electrons. The van der Waals surface area contributed by atoms with Crippen LogP contribution in [0.4, 0.5) is 5.69 Å². The zero-order valence-electron chi connectivity index (χ0n) is 19.4. The number of morpholine rings is 1. The van der Waals surface area contributed by atoms with Gasteiger partial charge in [0.05, 0.1) is 24.2 Å². The number of aryl methyl sites for hydroxylation is 1. The van der Waals surface area contributed by atoms with Gasteiger partial charge in [0, 0.05) is 30.7 Å². The molecule has 2 aromatic rings. The van der Waals surface area contributed by atoms with Crippen LogP contribution in [-0.2, 0) is 26.0 Å². The normalized spacial score (nSPS) is 25.3. The van der Waals surface area contributed by atoms with Crippen molar-refractivity contribution in [2.45, 2.75) is 55.5 Å². The minimum atomic E-state index is -3.60. The molecule has 1 atom stereocenters. The van der Waals surface area contributed by atoms with E-state index in [4.69, 9.17) is 4.74 Å². The Morgan fingerprint density at radius 1 is 1.06 bits per heavy atom. The fourth-order valence-electron chi connectivity index (χ4n) is 5.41. The van der Waals surface area contributed by atoms with Gasteiger partial charge in [-0.15, -0.1) is 0 Å². The van der Waals surface area contributed by atoms with Crippen molar-refractivity contribution in [3.05, 3.63) is 59.7 Å². The summed E-state index contributed by atoms with van der Waals surface area (Å²) in [6.07, 6.45) is 4.75. The molecular weight excluding hydrogens is 450 g/mol. The Morgan fingerprint density at radius 3 is 2.65 bits per heavy atom. The highest BCUT2D eigenvalue weighted by molar-refractivity contribution is 7.89. The molecule has 0 bridgehead atoms. The molecule has 2 N–H and O–H groups in total. The maximum absolute atomic E-state index is 13.4. The predicted octanol–water partition coefficient (Wildman–Crippen LogP) is 3.48. The van der Waals surface area contributed by atoms with Gasteiger partial charge in [0.1, 0.15) is 0 Å². The Bertz CT molecular complexity index is 1110. The van der Waals surface area contributed by atoms with Crippen LogP contribution >= 0.6 is 0 Å². The minimum Gasteiger partial charge on any atom is -0.385 e. The first-order valence-corrected chi connectivity index (χ1v) is 13.8. The molecule has 2 heterocycles. The molecule has 1 saturated carbocycles. The van der Waals surface area contributed by atoms with E-state index in [0.717, 1.165) is 30.6 Å². The van der Waals surface area contributed by atoms with Crippen LogP contribution in [-0.4, -0.2) is 51.6 Å². The number of amides is 1. The van der Waals surface area contributed by atoms with Crippen LogP contribution in [0.15, 0.2) is 53.4 Å². The Labute approximate surface area is 201 Å².